The first-order valence-electron chi connectivity index (χ1n) is 8.43. The molecule has 7 nitrogen and oxygen atoms in total. The van der Waals surface area contributed by atoms with E-state index in [0.29, 0.717) is 36.0 Å². The molecule has 3 N–H and O–H groups in total. The topological polar surface area (TPSA) is 99.4 Å². The molecule has 7 heteroatoms. The number of anilines is 2. The van der Waals surface area contributed by atoms with Crippen molar-refractivity contribution in [3.05, 3.63) is 36.0 Å². The summed E-state index contributed by atoms with van der Waals surface area (Å²) in [6.07, 6.45) is 3.66. The van der Waals surface area contributed by atoms with Gasteiger partial charge in [0, 0.05) is 30.6 Å². The number of nitrogens with one attached hydrogen (secondary N) is 1. The molecule has 1 atom stereocenters. The third-order valence-electron chi connectivity index (χ3n) is 3.95. The van der Waals surface area contributed by atoms with E-state index in [9.17, 15) is 4.79 Å². The standard InChI is InChI=1S/C18H22N4O3/c1-2-24-18(23)15-11-21-16(12-5-3-6-13(19)9-12)22-17(15)20-10-14-7-4-8-25-14/h3,5-6,9,11,14H,2,4,7-8,10,19H2,1H3,(H,20,21,22). The van der Waals surface area contributed by atoms with Crippen molar-refractivity contribution in [2.45, 2.75) is 25.9 Å². The Morgan fingerprint density at radius 2 is 2.36 bits per heavy atom. The van der Waals surface area contributed by atoms with Crippen molar-refractivity contribution >= 4 is 17.5 Å². The molecular formula is C18H22N4O3. The minimum atomic E-state index is -0.448. The molecule has 0 aliphatic carbocycles. The van der Waals surface area contributed by atoms with Gasteiger partial charge in [0.25, 0.3) is 0 Å². The highest BCUT2D eigenvalue weighted by atomic mass is 16.5. The van der Waals surface area contributed by atoms with Crippen molar-refractivity contribution in [2.75, 3.05) is 30.8 Å². The van der Waals surface area contributed by atoms with Gasteiger partial charge >= 0.3 is 5.97 Å². The van der Waals surface area contributed by atoms with Crippen LogP contribution in [0.2, 0.25) is 0 Å². The van der Waals surface area contributed by atoms with E-state index >= 15 is 0 Å². The molecule has 0 bridgehead atoms. The Morgan fingerprint density at radius 3 is 3.08 bits per heavy atom. The predicted octanol–water partition coefficient (Wildman–Crippen LogP) is 2.49. The number of carbonyl (C=O) groups excluding carboxylic acids is 1. The Bertz CT molecular complexity index is 745. The number of nitrogen functional groups attached to an aromatic ring is 1. The van der Waals surface area contributed by atoms with Gasteiger partial charge in [0.05, 0.1) is 12.7 Å². The number of aromatic nitrogens is 2. The van der Waals surface area contributed by atoms with Crippen molar-refractivity contribution in [3.8, 4) is 11.4 Å². The van der Waals surface area contributed by atoms with E-state index in [4.69, 9.17) is 15.2 Å². The monoisotopic (exact) mass is 342 g/mol. The summed E-state index contributed by atoms with van der Waals surface area (Å²) in [6.45, 7) is 3.41. The van der Waals surface area contributed by atoms with E-state index in [1.807, 2.05) is 12.1 Å². The van der Waals surface area contributed by atoms with Gasteiger partial charge in [-0.2, -0.15) is 0 Å². The lowest BCUT2D eigenvalue weighted by molar-refractivity contribution is 0.0526. The van der Waals surface area contributed by atoms with E-state index in [1.54, 1.807) is 19.1 Å². The summed E-state index contributed by atoms with van der Waals surface area (Å²) < 4.78 is 10.7. The van der Waals surface area contributed by atoms with Gasteiger partial charge in [0.1, 0.15) is 11.4 Å². The van der Waals surface area contributed by atoms with Crippen LogP contribution in [-0.4, -0.2) is 41.8 Å². The molecule has 25 heavy (non-hydrogen) atoms. The fourth-order valence-electron chi connectivity index (χ4n) is 2.71. The van der Waals surface area contributed by atoms with Gasteiger partial charge in [-0.15, -0.1) is 0 Å². The first-order chi connectivity index (χ1) is 12.2. The number of nitrogens with zero attached hydrogens (tertiary/aromatic N) is 2. The van der Waals surface area contributed by atoms with Gasteiger partial charge in [0.15, 0.2) is 5.82 Å². The maximum atomic E-state index is 12.2. The zero-order chi connectivity index (χ0) is 17.6. The molecule has 132 valence electrons. The van der Waals surface area contributed by atoms with Crippen molar-refractivity contribution in [1.29, 1.82) is 0 Å². The normalized spacial score (nSPS) is 16.6. The molecule has 2 heterocycles. The number of ether oxygens (including phenoxy) is 2. The fraction of sp³-hybridized carbons (Fsp3) is 0.389. The number of benzene rings is 1. The molecule has 0 radical (unpaired) electrons. The van der Waals surface area contributed by atoms with E-state index < -0.39 is 5.97 Å². The number of esters is 1. The van der Waals surface area contributed by atoms with Gasteiger partial charge in [-0.3, -0.25) is 0 Å². The minimum Gasteiger partial charge on any atom is -0.462 e. The minimum absolute atomic E-state index is 0.126. The maximum Gasteiger partial charge on any atom is 0.343 e. The number of carbonyl (C=O) groups is 1. The molecule has 1 fully saturated rings. The Balaban J connectivity index is 1.88. The Hall–Kier alpha value is -2.67. The first-order valence-corrected chi connectivity index (χ1v) is 8.43. The number of hydrogen-bond acceptors (Lipinski definition) is 7. The molecule has 1 unspecified atom stereocenters. The molecule has 1 saturated heterocycles. The van der Waals surface area contributed by atoms with Crippen molar-refractivity contribution < 1.29 is 14.3 Å². The third kappa shape index (κ3) is 4.24. The summed E-state index contributed by atoms with van der Waals surface area (Å²) >= 11 is 0. The van der Waals surface area contributed by atoms with Gasteiger partial charge in [-0.05, 0) is 31.9 Å². The van der Waals surface area contributed by atoms with Crippen molar-refractivity contribution in [3.63, 3.8) is 0 Å². The number of nitrogens with two attached hydrogens (primary N) is 1. The predicted molar refractivity (Wildman–Crippen MR) is 95.3 cm³/mol. The van der Waals surface area contributed by atoms with E-state index in [2.05, 4.69) is 15.3 Å². The van der Waals surface area contributed by atoms with Crippen LogP contribution in [0.15, 0.2) is 30.5 Å². The van der Waals surface area contributed by atoms with Gasteiger partial charge < -0.3 is 20.5 Å². The SMILES string of the molecule is CCOC(=O)c1cnc(-c2cccc(N)c2)nc1NCC1CCCO1. The molecule has 0 saturated carbocycles. The van der Waals surface area contributed by atoms with Crippen LogP contribution in [0, 0.1) is 0 Å². The van der Waals surface area contributed by atoms with Gasteiger partial charge in [-0.25, -0.2) is 14.8 Å². The van der Waals surface area contributed by atoms with E-state index in [0.717, 1.165) is 25.0 Å². The number of rotatable bonds is 6. The second kappa shape index (κ2) is 7.94. The zero-order valence-electron chi connectivity index (χ0n) is 14.2. The summed E-state index contributed by atoms with van der Waals surface area (Å²) in [6, 6.07) is 7.31. The summed E-state index contributed by atoms with van der Waals surface area (Å²) in [5.74, 6) is 0.494. The average Bonchev–Trinajstić information content (AvgIpc) is 3.13. The average molecular weight is 342 g/mol. The van der Waals surface area contributed by atoms with Crippen molar-refractivity contribution in [1.82, 2.24) is 9.97 Å². The maximum absolute atomic E-state index is 12.2. The van der Waals surface area contributed by atoms with Crippen LogP contribution in [0.3, 0.4) is 0 Å². The molecule has 1 aromatic heterocycles. The summed E-state index contributed by atoms with van der Waals surface area (Å²) in [5.41, 5.74) is 7.56. The lowest BCUT2D eigenvalue weighted by atomic mass is 10.2. The molecule has 2 aromatic rings. The molecule has 3 rings (SSSR count). The lowest BCUT2D eigenvalue weighted by Gasteiger charge is -2.14. The van der Waals surface area contributed by atoms with Crippen molar-refractivity contribution in [2.24, 2.45) is 0 Å². The Morgan fingerprint density at radius 1 is 1.48 bits per heavy atom. The molecule has 1 aromatic carbocycles. The second-order valence-corrected chi connectivity index (χ2v) is 5.82. The first kappa shape index (κ1) is 17.2. The summed E-state index contributed by atoms with van der Waals surface area (Å²) in [4.78, 5) is 21.0. The zero-order valence-corrected chi connectivity index (χ0v) is 14.2. The van der Waals surface area contributed by atoms with Crippen LogP contribution in [0.25, 0.3) is 11.4 Å². The van der Waals surface area contributed by atoms with E-state index in [-0.39, 0.29) is 6.10 Å². The third-order valence-corrected chi connectivity index (χ3v) is 3.95. The van der Waals surface area contributed by atoms with Crippen LogP contribution in [0.1, 0.15) is 30.1 Å². The van der Waals surface area contributed by atoms with Gasteiger partial charge in [-0.1, -0.05) is 12.1 Å². The van der Waals surface area contributed by atoms with Crippen LogP contribution >= 0.6 is 0 Å². The quantitative estimate of drug-likeness (QED) is 0.614. The lowest BCUT2D eigenvalue weighted by Crippen LogP contribution is -2.21. The second-order valence-electron chi connectivity index (χ2n) is 5.82. The molecular weight excluding hydrogens is 320 g/mol. The van der Waals surface area contributed by atoms with Crippen LogP contribution in [-0.2, 0) is 9.47 Å². The molecule has 0 spiro atoms. The van der Waals surface area contributed by atoms with Crippen LogP contribution in [0.5, 0.6) is 0 Å². The summed E-state index contributed by atoms with van der Waals surface area (Å²) in [7, 11) is 0. The Labute approximate surface area is 146 Å². The Kier molecular flexibility index (Phi) is 5.45. The summed E-state index contributed by atoms with van der Waals surface area (Å²) in [5, 5.41) is 3.21. The fourth-order valence-corrected chi connectivity index (χ4v) is 2.71. The highest BCUT2D eigenvalue weighted by Gasteiger charge is 2.20. The molecule has 1 aliphatic rings. The molecule has 0 amide bonds. The highest BCUT2D eigenvalue weighted by Crippen LogP contribution is 2.22. The van der Waals surface area contributed by atoms with Crippen LogP contribution in [0.4, 0.5) is 11.5 Å². The molecule has 1 aliphatic heterocycles. The highest BCUT2D eigenvalue weighted by molar-refractivity contribution is 5.94. The van der Waals surface area contributed by atoms with E-state index in [1.165, 1.54) is 6.20 Å². The van der Waals surface area contributed by atoms with Gasteiger partial charge in [0.2, 0.25) is 0 Å². The number of hydrogen-bond donors (Lipinski definition) is 2. The van der Waals surface area contributed by atoms with Crippen LogP contribution < -0.4 is 11.1 Å². The largest absolute Gasteiger partial charge is 0.462 e. The smallest absolute Gasteiger partial charge is 0.343 e.